The molecule has 14 nitrogen and oxygen atoms in total. The molecule has 55 heavy (non-hydrogen) atoms. The van der Waals surface area contributed by atoms with Gasteiger partial charge in [-0.3, -0.25) is 39.4 Å². The first-order valence-electron chi connectivity index (χ1n) is 18.1. The Kier molecular flexibility index (Phi) is 9.20. The highest BCUT2D eigenvalue weighted by molar-refractivity contribution is 6.27. The van der Waals surface area contributed by atoms with E-state index in [0.717, 1.165) is 6.42 Å². The molecule has 8 rings (SSSR count). The minimum atomic E-state index is -0.553. The molecule has 2 heterocycles. The molecule has 276 valence electrons. The van der Waals surface area contributed by atoms with Crippen LogP contribution < -0.4 is 21.8 Å². The lowest BCUT2D eigenvalue weighted by molar-refractivity contribution is -0.384. The number of nitro benzene ring substituents is 2. The second kappa shape index (κ2) is 14.3. The van der Waals surface area contributed by atoms with Crippen LogP contribution in [-0.4, -0.2) is 56.7 Å². The summed E-state index contributed by atoms with van der Waals surface area (Å²) in [5.74, 6) is -0.459. The highest BCUT2D eigenvalue weighted by Crippen LogP contribution is 2.42. The van der Waals surface area contributed by atoms with E-state index >= 15 is 0 Å². The van der Waals surface area contributed by atoms with Crippen molar-refractivity contribution in [3.63, 3.8) is 0 Å². The van der Waals surface area contributed by atoms with E-state index in [-0.39, 0.29) is 39.4 Å². The molecule has 6 aromatic rings. The minimum absolute atomic E-state index is 0.144. The molecule has 0 unspecified atom stereocenters. The van der Waals surface area contributed by atoms with Crippen LogP contribution in [0.5, 0.6) is 0 Å². The summed E-state index contributed by atoms with van der Waals surface area (Å²) in [6.45, 7) is 3.21. The van der Waals surface area contributed by atoms with Gasteiger partial charge in [0.05, 0.1) is 37.7 Å². The van der Waals surface area contributed by atoms with E-state index in [1.165, 1.54) is 36.4 Å². The van der Waals surface area contributed by atoms with Crippen LogP contribution in [0.15, 0.2) is 94.5 Å². The van der Waals surface area contributed by atoms with Crippen LogP contribution in [-0.2, 0) is 13.1 Å². The van der Waals surface area contributed by atoms with Crippen LogP contribution in [0.4, 0.5) is 11.4 Å². The standard InChI is InChI=1S/C41H34N6O8/c48-38-29-10-3-2-9-28(29)36-35(38)27-14-12-25(47(54)55)23-33(27)41(51)44(36)20-6-18-42-16-5-17-43-19-7-21-45-37-32-22-24(46(52)53)13-15-30(32)39(49)34(37)26-8-1-4-11-31(26)40(45)50/h1-4,8-15,22-23,42-43H,5-7,16-21H2. The van der Waals surface area contributed by atoms with Gasteiger partial charge in [-0.1, -0.05) is 42.5 Å². The van der Waals surface area contributed by atoms with Gasteiger partial charge < -0.3 is 19.8 Å². The third-order valence-electron chi connectivity index (χ3n) is 10.4. The zero-order valence-electron chi connectivity index (χ0n) is 29.5. The summed E-state index contributed by atoms with van der Waals surface area (Å²) in [7, 11) is 0. The highest BCUT2D eigenvalue weighted by atomic mass is 16.6. The zero-order chi connectivity index (χ0) is 38.4. The molecule has 0 fully saturated rings. The topological polar surface area (TPSA) is 188 Å². The molecule has 14 heteroatoms. The van der Waals surface area contributed by atoms with Gasteiger partial charge in [-0.2, -0.15) is 0 Å². The van der Waals surface area contributed by atoms with Crippen LogP contribution in [0, 0.1) is 20.2 Å². The summed E-state index contributed by atoms with van der Waals surface area (Å²) in [4.78, 5) is 76.4. The van der Waals surface area contributed by atoms with Crippen LogP contribution in [0.1, 0.15) is 51.1 Å². The molecule has 0 radical (unpaired) electrons. The predicted octanol–water partition coefficient (Wildman–Crippen LogP) is 5.61. The van der Waals surface area contributed by atoms with Gasteiger partial charge in [0, 0.05) is 75.8 Å². The summed E-state index contributed by atoms with van der Waals surface area (Å²) in [6.07, 6.45) is 1.96. The fourth-order valence-electron chi connectivity index (χ4n) is 7.90. The molecule has 2 aliphatic carbocycles. The number of benzene rings is 4. The number of nitrogens with one attached hydrogen (secondary N) is 2. The maximum atomic E-state index is 13.7. The summed E-state index contributed by atoms with van der Waals surface area (Å²) < 4.78 is 3.14. The summed E-state index contributed by atoms with van der Waals surface area (Å²) in [5.41, 5.74) is 2.68. The number of pyridine rings is 2. The number of carbonyl (C=O) groups is 2. The summed E-state index contributed by atoms with van der Waals surface area (Å²) >= 11 is 0. The van der Waals surface area contributed by atoms with Gasteiger partial charge in [-0.25, -0.2) is 0 Å². The lowest BCUT2D eigenvalue weighted by Crippen LogP contribution is -2.28. The van der Waals surface area contributed by atoms with Crippen molar-refractivity contribution in [2.75, 3.05) is 26.2 Å². The van der Waals surface area contributed by atoms with Gasteiger partial charge >= 0.3 is 0 Å². The Morgan fingerprint density at radius 3 is 1.60 bits per heavy atom. The number of non-ortho nitro benzene ring substituents is 2. The van der Waals surface area contributed by atoms with Crippen molar-refractivity contribution in [2.45, 2.75) is 32.4 Å². The maximum absolute atomic E-state index is 13.7. The van der Waals surface area contributed by atoms with Crippen LogP contribution in [0.2, 0.25) is 0 Å². The first kappa shape index (κ1) is 35.4. The third-order valence-corrected chi connectivity index (χ3v) is 10.4. The van der Waals surface area contributed by atoms with Crippen molar-refractivity contribution in [3.8, 4) is 22.5 Å². The van der Waals surface area contributed by atoms with E-state index < -0.39 is 9.85 Å². The second-order valence-electron chi connectivity index (χ2n) is 13.6. The highest BCUT2D eigenvalue weighted by Gasteiger charge is 2.35. The molecule has 2 aliphatic rings. The average Bonchev–Trinajstić information content (AvgIpc) is 3.66. The van der Waals surface area contributed by atoms with Crippen LogP contribution in [0.25, 0.3) is 44.1 Å². The molecule has 0 amide bonds. The number of hydrogen-bond acceptors (Lipinski definition) is 10. The second-order valence-corrected chi connectivity index (χ2v) is 13.6. The van der Waals surface area contributed by atoms with Crippen molar-refractivity contribution in [2.24, 2.45) is 0 Å². The summed E-state index contributed by atoms with van der Waals surface area (Å²) in [5, 5.41) is 31.3. The van der Waals surface area contributed by atoms with Gasteiger partial charge in [-0.15, -0.1) is 0 Å². The largest absolute Gasteiger partial charge is 0.317 e. The Morgan fingerprint density at radius 2 is 0.964 bits per heavy atom. The van der Waals surface area contributed by atoms with Crippen LogP contribution in [0.3, 0.4) is 0 Å². The van der Waals surface area contributed by atoms with E-state index in [1.807, 2.05) is 12.1 Å². The number of carbonyl (C=O) groups excluding carboxylic acids is 2. The quantitative estimate of drug-likeness (QED) is 0.0807. The van der Waals surface area contributed by atoms with Gasteiger partial charge in [-0.05, 0) is 63.6 Å². The van der Waals surface area contributed by atoms with Crippen molar-refractivity contribution < 1.29 is 19.4 Å². The number of aromatic nitrogens is 2. The summed E-state index contributed by atoms with van der Waals surface area (Å²) in [6, 6.07) is 22.3. The van der Waals surface area contributed by atoms with Gasteiger partial charge in [0.2, 0.25) is 0 Å². The third kappa shape index (κ3) is 6.01. The molecule has 2 aromatic heterocycles. The smallest absolute Gasteiger partial charge is 0.270 e. The maximum Gasteiger partial charge on any atom is 0.270 e. The normalized spacial score (nSPS) is 12.6. The Hall–Kier alpha value is -6.64. The molecule has 0 bridgehead atoms. The average molecular weight is 739 g/mol. The van der Waals surface area contributed by atoms with Gasteiger partial charge in [0.25, 0.3) is 22.5 Å². The lowest BCUT2D eigenvalue weighted by Gasteiger charge is -2.15. The number of ketones is 2. The Morgan fingerprint density at radius 1 is 0.491 bits per heavy atom. The molecule has 0 aliphatic heterocycles. The molecule has 0 saturated heterocycles. The SMILES string of the molecule is O=C1c2ccc([N+](=O)[O-])cc2-c2c1c1ccccc1c(=O)n2CCCNCCCNCCCn1c2c(c3ccc([N+](=O)[O-])cc3c1=O)C(=O)c1ccccc1-2. The Bertz CT molecular complexity index is 2750. The van der Waals surface area contributed by atoms with Crippen molar-refractivity contribution in [3.05, 3.63) is 148 Å². The molecule has 4 aromatic carbocycles. The number of nitrogens with zero attached hydrogens (tertiary/aromatic N) is 4. The fraction of sp³-hybridized carbons (Fsp3) is 0.220. The van der Waals surface area contributed by atoms with E-state index in [2.05, 4.69) is 10.6 Å². The fourth-order valence-corrected chi connectivity index (χ4v) is 7.90. The Labute approximate surface area is 312 Å². The van der Waals surface area contributed by atoms with E-state index in [1.54, 1.807) is 45.5 Å². The lowest BCUT2D eigenvalue weighted by atomic mass is 10.0. The van der Waals surface area contributed by atoms with Gasteiger partial charge in [0.1, 0.15) is 0 Å². The number of hydrogen-bond donors (Lipinski definition) is 2. The minimum Gasteiger partial charge on any atom is -0.317 e. The van der Waals surface area contributed by atoms with E-state index in [9.17, 15) is 39.4 Å². The Balaban J connectivity index is 0.876. The van der Waals surface area contributed by atoms with Crippen molar-refractivity contribution in [1.82, 2.24) is 19.8 Å². The predicted molar refractivity (Wildman–Crippen MR) is 207 cm³/mol. The molecular weight excluding hydrogens is 704 g/mol. The first-order chi connectivity index (χ1) is 26.7. The first-order valence-corrected chi connectivity index (χ1v) is 18.1. The number of rotatable bonds is 14. The van der Waals surface area contributed by atoms with E-state index in [4.69, 9.17) is 0 Å². The molecule has 0 spiro atoms. The van der Waals surface area contributed by atoms with Crippen molar-refractivity contribution in [1.29, 1.82) is 0 Å². The van der Waals surface area contributed by atoms with Crippen molar-refractivity contribution >= 4 is 44.5 Å². The number of fused-ring (bicyclic) bond motifs is 10. The molecule has 2 N–H and O–H groups in total. The zero-order valence-corrected chi connectivity index (χ0v) is 29.5. The van der Waals surface area contributed by atoms with E-state index in [0.29, 0.717) is 113 Å². The number of nitro groups is 2. The van der Waals surface area contributed by atoms with Crippen LogP contribution >= 0.6 is 0 Å². The van der Waals surface area contributed by atoms with Gasteiger partial charge in [0.15, 0.2) is 11.6 Å². The molecule has 0 atom stereocenters. The molecular formula is C41H34N6O8. The monoisotopic (exact) mass is 738 g/mol. The molecule has 0 saturated carbocycles.